The van der Waals surface area contributed by atoms with Gasteiger partial charge in [0, 0.05) is 51.7 Å². The lowest BCUT2D eigenvalue weighted by Gasteiger charge is -2.32. The summed E-state index contributed by atoms with van der Waals surface area (Å²) in [6.45, 7) is 6.87. The molecule has 2 fully saturated rings. The van der Waals surface area contributed by atoms with Crippen LogP contribution in [0.1, 0.15) is 29.9 Å². The lowest BCUT2D eigenvalue weighted by atomic mass is 9.88. The number of guanidine groups is 1. The lowest BCUT2D eigenvalue weighted by molar-refractivity contribution is 0.0195. The molecule has 0 bridgehead atoms. The van der Waals surface area contributed by atoms with Gasteiger partial charge in [0.1, 0.15) is 0 Å². The van der Waals surface area contributed by atoms with Crippen LogP contribution in [0.5, 0.6) is 0 Å². The Morgan fingerprint density at radius 3 is 2.19 bits per heavy atom. The molecule has 0 aromatic heterocycles. The standard InChI is InChI=1S/C25H34N4O.HI/c1-26-25(29-15-13-23(20-29)28-16-18-30-19-17-28)27-14-12-24(21-8-4-2-5-9-21)22-10-6-3-7-11-22;/h2-11,23-24H,12-20H2,1H3,(H,26,27);1H. The summed E-state index contributed by atoms with van der Waals surface area (Å²) in [4.78, 5) is 9.58. The first-order chi connectivity index (χ1) is 14.8. The summed E-state index contributed by atoms with van der Waals surface area (Å²) >= 11 is 0. The molecule has 2 heterocycles. The number of benzene rings is 2. The van der Waals surface area contributed by atoms with Gasteiger partial charge >= 0.3 is 0 Å². The molecule has 2 saturated heterocycles. The van der Waals surface area contributed by atoms with E-state index in [4.69, 9.17) is 4.74 Å². The van der Waals surface area contributed by atoms with Crippen molar-refractivity contribution >= 4 is 29.9 Å². The first kappa shape index (κ1) is 24.0. The van der Waals surface area contributed by atoms with Gasteiger partial charge in [-0.1, -0.05) is 60.7 Å². The zero-order valence-corrected chi connectivity index (χ0v) is 20.8. The molecule has 1 atom stereocenters. The molecule has 0 radical (unpaired) electrons. The molecule has 6 heteroatoms. The second-order valence-corrected chi connectivity index (χ2v) is 8.17. The van der Waals surface area contributed by atoms with Crippen molar-refractivity contribution in [3.8, 4) is 0 Å². The van der Waals surface area contributed by atoms with Crippen LogP contribution in [0.2, 0.25) is 0 Å². The lowest BCUT2D eigenvalue weighted by Crippen LogP contribution is -2.46. The Labute approximate surface area is 203 Å². The van der Waals surface area contributed by atoms with E-state index in [-0.39, 0.29) is 24.0 Å². The third-order valence-corrected chi connectivity index (χ3v) is 6.36. The van der Waals surface area contributed by atoms with E-state index in [0.29, 0.717) is 12.0 Å². The molecule has 2 aromatic carbocycles. The van der Waals surface area contributed by atoms with Crippen LogP contribution in [0.3, 0.4) is 0 Å². The second-order valence-electron chi connectivity index (χ2n) is 8.17. The van der Waals surface area contributed by atoms with E-state index >= 15 is 0 Å². The van der Waals surface area contributed by atoms with E-state index in [1.807, 2.05) is 7.05 Å². The molecule has 31 heavy (non-hydrogen) atoms. The van der Waals surface area contributed by atoms with Crippen LogP contribution in [0, 0.1) is 0 Å². The van der Waals surface area contributed by atoms with Gasteiger partial charge in [-0.3, -0.25) is 9.89 Å². The molecule has 0 spiro atoms. The minimum Gasteiger partial charge on any atom is -0.379 e. The molecule has 0 aliphatic carbocycles. The van der Waals surface area contributed by atoms with Gasteiger partial charge in [-0.2, -0.15) is 0 Å². The zero-order valence-electron chi connectivity index (χ0n) is 18.5. The van der Waals surface area contributed by atoms with E-state index in [1.165, 1.54) is 17.5 Å². The molecule has 2 aromatic rings. The van der Waals surface area contributed by atoms with E-state index in [2.05, 4.69) is 80.8 Å². The number of nitrogens with one attached hydrogen (secondary N) is 1. The highest BCUT2D eigenvalue weighted by Crippen LogP contribution is 2.27. The first-order valence-corrected chi connectivity index (χ1v) is 11.2. The van der Waals surface area contributed by atoms with Crippen LogP contribution in [0.15, 0.2) is 65.7 Å². The van der Waals surface area contributed by atoms with E-state index in [0.717, 1.165) is 58.3 Å². The number of hydrogen-bond acceptors (Lipinski definition) is 3. The quantitative estimate of drug-likeness (QED) is 0.348. The summed E-state index contributed by atoms with van der Waals surface area (Å²) in [5.41, 5.74) is 2.74. The van der Waals surface area contributed by atoms with E-state index in [9.17, 15) is 0 Å². The Hall–Kier alpha value is -1.64. The van der Waals surface area contributed by atoms with Gasteiger partial charge in [0.05, 0.1) is 13.2 Å². The molecule has 2 aliphatic rings. The highest BCUT2D eigenvalue weighted by molar-refractivity contribution is 14.0. The largest absolute Gasteiger partial charge is 0.379 e. The molecular formula is C25H35IN4O. The predicted octanol–water partition coefficient (Wildman–Crippen LogP) is 3.81. The van der Waals surface area contributed by atoms with Gasteiger partial charge < -0.3 is 15.0 Å². The van der Waals surface area contributed by atoms with Crippen molar-refractivity contribution in [1.82, 2.24) is 15.1 Å². The third kappa shape index (κ3) is 6.43. The second kappa shape index (κ2) is 12.4. The fourth-order valence-electron chi connectivity index (χ4n) is 4.73. The fourth-order valence-corrected chi connectivity index (χ4v) is 4.73. The number of likely N-dealkylation sites (tertiary alicyclic amines) is 1. The van der Waals surface area contributed by atoms with Gasteiger partial charge in [0.25, 0.3) is 0 Å². The van der Waals surface area contributed by atoms with Gasteiger partial charge in [0.2, 0.25) is 0 Å². The van der Waals surface area contributed by atoms with Crippen LogP contribution in [0.25, 0.3) is 0 Å². The Morgan fingerprint density at radius 2 is 1.61 bits per heavy atom. The smallest absolute Gasteiger partial charge is 0.193 e. The molecular weight excluding hydrogens is 499 g/mol. The fraction of sp³-hybridized carbons (Fsp3) is 0.480. The van der Waals surface area contributed by atoms with E-state index < -0.39 is 0 Å². The van der Waals surface area contributed by atoms with Crippen molar-refractivity contribution in [3.05, 3.63) is 71.8 Å². The maximum absolute atomic E-state index is 5.51. The van der Waals surface area contributed by atoms with Gasteiger partial charge in [-0.15, -0.1) is 24.0 Å². The molecule has 168 valence electrons. The molecule has 4 rings (SSSR count). The van der Waals surface area contributed by atoms with Gasteiger partial charge in [-0.05, 0) is 24.0 Å². The highest BCUT2D eigenvalue weighted by Gasteiger charge is 2.30. The summed E-state index contributed by atoms with van der Waals surface area (Å²) in [6, 6.07) is 22.3. The molecule has 1 unspecified atom stereocenters. The van der Waals surface area contributed by atoms with E-state index in [1.54, 1.807) is 0 Å². The van der Waals surface area contributed by atoms with Crippen molar-refractivity contribution in [2.45, 2.75) is 24.8 Å². The molecule has 1 N–H and O–H groups in total. The van der Waals surface area contributed by atoms with Crippen molar-refractivity contribution in [2.24, 2.45) is 4.99 Å². The molecule has 2 aliphatic heterocycles. The Balaban J connectivity index is 0.00000272. The molecule has 0 saturated carbocycles. The summed E-state index contributed by atoms with van der Waals surface area (Å²) in [6.07, 6.45) is 2.24. The predicted molar refractivity (Wildman–Crippen MR) is 138 cm³/mol. The molecule has 0 amide bonds. The van der Waals surface area contributed by atoms with Crippen molar-refractivity contribution in [3.63, 3.8) is 0 Å². The number of ether oxygens (including phenoxy) is 1. The number of rotatable bonds is 6. The average molecular weight is 534 g/mol. The van der Waals surface area contributed by atoms with Crippen LogP contribution in [-0.4, -0.2) is 74.8 Å². The third-order valence-electron chi connectivity index (χ3n) is 6.36. The Bertz CT molecular complexity index is 756. The van der Waals surface area contributed by atoms with Crippen LogP contribution in [-0.2, 0) is 4.74 Å². The Morgan fingerprint density at radius 1 is 1.00 bits per heavy atom. The maximum Gasteiger partial charge on any atom is 0.193 e. The first-order valence-electron chi connectivity index (χ1n) is 11.2. The van der Waals surface area contributed by atoms with Gasteiger partial charge in [-0.25, -0.2) is 0 Å². The summed E-state index contributed by atoms with van der Waals surface area (Å²) in [5.74, 6) is 1.42. The van der Waals surface area contributed by atoms with Crippen molar-refractivity contribution in [1.29, 1.82) is 0 Å². The topological polar surface area (TPSA) is 40.1 Å². The normalized spacial score (nSPS) is 20.0. The minimum absolute atomic E-state index is 0. The summed E-state index contributed by atoms with van der Waals surface area (Å²) < 4.78 is 5.51. The highest BCUT2D eigenvalue weighted by atomic mass is 127. The van der Waals surface area contributed by atoms with Gasteiger partial charge in [0.15, 0.2) is 5.96 Å². The monoisotopic (exact) mass is 534 g/mol. The summed E-state index contributed by atoms with van der Waals surface area (Å²) in [5, 5.41) is 3.64. The number of hydrogen-bond donors (Lipinski definition) is 1. The SMILES string of the molecule is CN=C(NCCC(c1ccccc1)c1ccccc1)N1CCC(N2CCOCC2)C1.I. The number of morpholine rings is 1. The maximum atomic E-state index is 5.51. The number of halogens is 1. The van der Waals surface area contributed by atoms with Crippen LogP contribution >= 0.6 is 24.0 Å². The zero-order chi connectivity index (χ0) is 20.6. The number of aliphatic imine (C=N–C) groups is 1. The summed E-state index contributed by atoms with van der Waals surface area (Å²) in [7, 11) is 1.90. The van der Waals surface area contributed by atoms with Crippen LogP contribution in [0.4, 0.5) is 0 Å². The van der Waals surface area contributed by atoms with Crippen molar-refractivity contribution < 1.29 is 4.74 Å². The number of nitrogens with zero attached hydrogens (tertiary/aromatic N) is 3. The minimum atomic E-state index is 0. The Kier molecular flexibility index (Phi) is 9.61. The van der Waals surface area contributed by atoms with Crippen LogP contribution < -0.4 is 5.32 Å². The average Bonchev–Trinajstić information content (AvgIpc) is 3.31. The molecule has 5 nitrogen and oxygen atoms in total. The van der Waals surface area contributed by atoms with Crippen molar-refractivity contribution in [2.75, 3.05) is 53.0 Å².